The highest BCUT2D eigenvalue weighted by Crippen LogP contribution is 2.32. The molecule has 0 bridgehead atoms. The van der Waals surface area contributed by atoms with Crippen molar-refractivity contribution in [3.63, 3.8) is 0 Å². The van der Waals surface area contributed by atoms with Crippen molar-refractivity contribution in [3.8, 4) is 0 Å². The molecule has 0 radical (unpaired) electrons. The van der Waals surface area contributed by atoms with E-state index in [4.69, 9.17) is 5.11 Å². The number of amides is 1. The fourth-order valence-corrected chi connectivity index (χ4v) is 2.30. The Hall–Kier alpha value is -1.36. The van der Waals surface area contributed by atoms with E-state index in [2.05, 4.69) is 10.2 Å². The van der Waals surface area contributed by atoms with Crippen LogP contribution in [0.15, 0.2) is 6.07 Å². The van der Waals surface area contributed by atoms with E-state index < -0.39 is 0 Å². The third-order valence-electron chi connectivity index (χ3n) is 3.19. The summed E-state index contributed by atoms with van der Waals surface area (Å²) in [5.74, 6) is 0.202. The van der Waals surface area contributed by atoms with Gasteiger partial charge in [-0.2, -0.15) is 5.10 Å². The fraction of sp³-hybridized carbons (Fsp3) is 0.667. The van der Waals surface area contributed by atoms with Crippen molar-refractivity contribution in [1.29, 1.82) is 0 Å². The van der Waals surface area contributed by atoms with Gasteiger partial charge in [0.25, 0.3) is 0 Å². The standard InChI is InChI=1S/C12H19N3O2/c1-8(2)12(17)15-5-3-4-11(15)10-6-9(7-16)13-14-10/h6,8,11,16H,3-5,7H2,1-2H3,(H,13,14). The molecule has 17 heavy (non-hydrogen) atoms. The molecule has 1 aliphatic rings. The molecule has 0 aromatic carbocycles. The first-order valence-corrected chi connectivity index (χ1v) is 6.09. The predicted molar refractivity (Wildman–Crippen MR) is 63.0 cm³/mol. The molecule has 0 spiro atoms. The topological polar surface area (TPSA) is 69.2 Å². The van der Waals surface area contributed by atoms with E-state index >= 15 is 0 Å². The van der Waals surface area contributed by atoms with Crippen LogP contribution in [0.1, 0.15) is 44.1 Å². The minimum absolute atomic E-state index is 0.0202. The molecule has 0 aliphatic carbocycles. The predicted octanol–water partition coefficient (Wildman–Crippen LogP) is 1.22. The molecule has 1 unspecified atom stereocenters. The highest BCUT2D eigenvalue weighted by Gasteiger charge is 2.32. The summed E-state index contributed by atoms with van der Waals surface area (Å²) in [5, 5.41) is 16.0. The van der Waals surface area contributed by atoms with Crippen molar-refractivity contribution >= 4 is 5.91 Å². The van der Waals surface area contributed by atoms with E-state index in [9.17, 15) is 4.79 Å². The number of aliphatic hydroxyl groups excluding tert-OH is 1. The summed E-state index contributed by atoms with van der Waals surface area (Å²) in [5.41, 5.74) is 1.56. The summed E-state index contributed by atoms with van der Waals surface area (Å²) in [7, 11) is 0. The van der Waals surface area contributed by atoms with Crippen LogP contribution in [0.5, 0.6) is 0 Å². The average molecular weight is 237 g/mol. The second-order valence-corrected chi connectivity index (χ2v) is 4.82. The number of nitrogens with zero attached hydrogens (tertiary/aromatic N) is 2. The van der Waals surface area contributed by atoms with Crippen LogP contribution in [0.4, 0.5) is 0 Å². The van der Waals surface area contributed by atoms with Gasteiger partial charge in [-0.05, 0) is 18.9 Å². The Morgan fingerprint density at radius 1 is 1.71 bits per heavy atom. The minimum atomic E-state index is -0.0438. The van der Waals surface area contributed by atoms with Crippen LogP contribution in [0.3, 0.4) is 0 Å². The number of rotatable bonds is 3. The van der Waals surface area contributed by atoms with Gasteiger partial charge >= 0.3 is 0 Å². The molecule has 2 rings (SSSR count). The maximum absolute atomic E-state index is 12.0. The van der Waals surface area contributed by atoms with E-state index in [0.29, 0.717) is 5.69 Å². The number of hydrogen-bond donors (Lipinski definition) is 2. The molecule has 0 saturated carbocycles. The fourth-order valence-electron chi connectivity index (χ4n) is 2.30. The Labute approximate surface area is 101 Å². The summed E-state index contributed by atoms with van der Waals surface area (Å²) >= 11 is 0. The number of carbonyl (C=O) groups excluding carboxylic acids is 1. The van der Waals surface area contributed by atoms with Gasteiger partial charge < -0.3 is 10.0 Å². The minimum Gasteiger partial charge on any atom is -0.390 e. The van der Waals surface area contributed by atoms with Crippen LogP contribution >= 0.6 is 0 Å². The van der Waals surface area contributed by atoms with Crippen LogP contribution in [-0.4, -0.2) is 32.7 Å². The van der Waals surface area contributed by atoms with E-state index in [1.54, 1.807) is 0 Å². The van der Waals surface area contributed by atoms with Gasteiger partial charge in [0.15, 0.2) is 0 Å². The van der Waals surface area contributed by atoms with Crippen molar-refractivity contribution in [3.05, 3.63) is 17.5 Å². The van der Waals surface area contributed by atoms with E-state index in [-0.39, 0.29) is 24.5 Å². The van der Waals surface area contributed by atoms with Gasteiger partial charge in [-0.15, -0.1) is 0 Å². The van der Waals surface area contributed by atoms with Crippen LogP contribution in [0.2, 0.25) is 0 Å². The van der Waals surface area contributed by atoms with Gasteiger partial charge in [-0.3, -0.25) is 9.89 Å². The van der Waals surface area contributed by atoms with E-state index in [1.807, 2.05) is 24.8 Å². The molecule has 1 amide bonds. The smallest absolute Gasteiger partial charge is 0.225 e. The monoisotopic (exact) mass is 237 g/mol. The molecule has 5 heteroatoms. The lowest BCUT2D eigenvalue weighted by atomic mass is 10.1. The summed E-state index contributed by atoms with van der Waals surface area (Å²) in [6.45, 7) is 4.60. The second kappa shape index (κ2) is 4.87. The van der Waals surface area contributed by atoms with Crippen molar-refractivity contribution < 1.29 is 9.90 Å². The molecule has 94 valence electrons. The second-order valence-electron chi connectivity index (χ2n) is 4.82. The maximum atomic E-state index is 12.0. The lowest BCUT2D eigenvalue weighted by Gasteiger charge is -2.25. The first-order chi connectivity index (χ1) is 8.13. The van der Waals surface area contributed by atoms with Crippen LogP contribution in [0.25, 0.3) is 0 Å². The van der Waals surface area contributed by atoms with Crippen LogP contribution < -0.4 is 0 Å². The van der Waals surface area contributed by atoms with E-state index in [0.717, 1.165) is 25.1 Å². The quantitative estimate of drug-likeness (QED) is 0.830. The Morgan fingerprint density at radius 2 is 2.47 bits per heavy atom. The van der Waals surface area contributed by atoms with Crippen molar-refractivity contribution in [2.24, 2.45) is 5.92 Å². The van der Waals surface area contributed by atoms with Crippen molar-refractivity contribution in [1.82, 2.24) is 15.1 Å². The third-order valence-corrected chi connectivity index (χ3v) is 3.19. The Balaban J connectivity index is 2.16. The summed E-state index contributed by atoms with van der Waals surface area (Å²) in [6, 6.07) is 1.91. The lowest BCUT2D eigenvalue weighted by Crippen LogP contribution is -2.33. The normalized spacial score (nSPS) is 20.2. The molecular weight excluding hydrogens is 218 g/mol. The number of carbonyl (C=O) groups is 1. The highest BCUT2D eigenvalue weighted by atomic mass is 16.3. The average Bonchev–Trinajstić information content (AvgIpc) is 2.95. The van der Waals surface area contributed by atoms with Crippen molar-refractivity contribution in [2.45, 2.75) is 39.3 Å². The molecule has 1 saturated heterocycles. The molecule has 5 nitrogen and oxygen atoms in total. The number of aromatic amines is 1. The van der Waals surface area contributed by atoms with Gasteiger partial charge in [0.05, 0.1) is 24.0 Å². The maximum Gasteiger partial charge on any atom is 0.225 e. The largest absolute Gasteiger partial charge is 0.390 e. The molecular formula is C12H19N3O2. The van der Waals surface area contributed by atoms with Gasteiger partial charge in [0.1, 0.15) is 0 Å². The van der Waals surface area contributed by atoms with Crippen LogP contribution in [-0.2, 0) is 11.4 Å². The zero-order chi connectivity index (χ0) is 12.4. The van der Waals surface area contributed by atoms with Gasteiger partial charge in [-0.1, -0.05) is 13.8 Å². The molecule has 1 aromatic heterocycles. The Morgan fingerprint density at radius 3 is 3.06 bits per heavy atom. The number of aliphatic hydroxyl groups is 1. The number of hydrogen-bond acceptors (Lipinski definition) is 3. The first-order valence-electron chi connectivity index (χ1n) is 6.09. The molecule has 2 N–H and O–H groups in total. The Kier molecular flexibility index (Phi) is 3.47. The summed E-state index contributed by atoms with van der Waals surface area (Å²) in [6.07, 6.45) is 1.97. The number of nitrogens with one attached hydrogen (secondary N) is 1. The third kappa shape index (κ3) is 2.34. The molecule has 1 atom stereocenters. The first kappa shape index (κ1) is 12.1. The van der Waals surface area contributed by atoms with Gasteiger partial charge in [0.2, 0.25) is 5.91 Å². The van der Waals surface area contributed by atoms with Gasteiger partial charge in [0, 0.05) is 12.5 Å². The molecule has 1 fully saturated rings. The molecule has 1 aromatic rings. The number of H-pyrrole nitrogens is 1. The summed E-state index contributed by atoms with van der Waals surface area (Å²) < 4.78 is 0. The number of aromatic nitrogens is 2. The zero-order valence-corrected chi connectivity index (χ0v) is 10.3. The zero-order valence-electron chi connectivity index (χ0n) is 10.3. The lowest BCUT2D eigenvalue weighted by molar-refractivity contribution is -0.135. The highest BCUT2D eigenvalue weighted by molar-refractivity contribution is 5.78. The molecule has 2 heterocycles. The Bertz CT molecular complexity index is 400. The van der Waals surface area contributed by atoms with Gasteiger partial charge in [-0.25, -0.2) is 0 Å². The van der Waals surface area contributed by atoms with Crippen molar-refractivity contribution in [2.75, 3.05) is 6.54 Å². The number of likely N-dealkylation sites (tertiary alicyclic amines) is 1. The summed E-state index contributed by atoms with van der Waals surface area (Å²) in [4.78, 5) is 13.9. The van der Waals surface area contributed by atoms with Crippen LogP contribution in [0, 0.1) is 5.92 Å². The SMILES string of the molecule is CC(C)C(=O)N1CCCC1c1cc(CO)[nH]n1. The molecule has 1 aliphatic heterocycles. The van der Waals surface area contributed by atoms with E-state index in [1.165, 1.54) is 0 Å².